The average molecular weight is 277 g/mol. The third-order valence-electron chi connectivity index (χ3n) is 3.71. The Bertz CT molecular complexity index is 515. The van der Waals surface area contributed by atoms with Crippen LogP contribution in [0.5, 0.6) is 0 Å². The van der Waals surface area contributed by atoms with Gasteiger partial charge in [0.15, 0.2) is 5.82 Å². The van der Waals surface area contributed by atoms with Crippen molar-refractivity contribution in [2.75, 3.05) is 6.54 Å². The van der Waals surface area contributed by atoms with E-state index in [4.69, 9.17) is 4.52 Å². The topological polar surface area (TPSA) is 51.0 Å². The molecule has 0 bridgehead atoms. The molecule has 0 radical (unpaired) electrons. The van der Waals surface area contributed by atoms with Crippen LogP contribution in [0.3, 0.4) is 0 Å². The molecule has 4 nitrogen and oxygen atoms in total. The maximum atomic E-state index is 5.53. The molecule has 3 heterocycles. The molecule has 1 N–H and O–H groups in total. The minimum absolute atomic E-state index is 0.0740. The zero-order valence-electron chi connectivity index (χ0n) is 11.2. The first-order valence-electron chi connectivity index (χ1n) is 6.93. The van der Waals surface area contributed by atoms with Crippen molar-refractivity contribution in [2.24, 2.45) is 0 Å². The SMILES string of the molecule is CCCC1(c2nc(Cc3cccs3)no2)CCCN1. The highest BCUT2D eigenvalue weighted by molar-refractivity contribution is 7.09. The van der Waals surface area contributed by atoms with Crippen molar-refractivity contribution in [3.8, 4) is 0 Å². The smallest absolute Gasteiger partial charge is 0.246 e. The maximum Gasteiger partial charge on any atom is 0.246 e. The van der Waals surface area contributed by atoms with E-state index in [2.05, 4.69) is 39.9 Å². The molecule has 19 heavy (non-hydrogen) atoms. The molecular weight excluding hydrogens is 258 g/mol. The van der Waals surface area contributed by atoms with Crippen LogP contribution in [0.2, 0.25) is 0 Å². The molecular formula is C14H19N3OS. The molecule has 1 fully saturated rings. The van der Waals surface area contributed by atoms with Gasteiger partial charge in [-0.1, -0.05) is 24.6 Å². The minimum atomic E-state index is -0.0740. The fourth-order valence-corrected chi connectivity index (χ4v) is 3.53. The second kappa shape index (κ2) is 5.43. The number of nitrogens with zero attached hydrogens (tertiary/aromatic N) is 2. The van der Waals surface area contributed by atoms with Crippen molar-refractivity contribution in [1.29, 1.82) is 0 Å². The van der Waals surface area contributed by atoms with Gasteiger partial charge in [0.2, 0.25) is 5.89 Å². The van der Waals surface area contributed by atoms with E-state index in [1.165, 1.54) is 11.3 Å². The van der Waals surface area contributed by atoms with Gasteiger partial charge in [-0.05, 0) is 37.3 Å². The van der Waals surface area contributed by atoms with Crippen LogP contribution in [0.1, 0.15) is 49.2 Å². The largest absolute Gasteiger partial charge is 0.337 e. The molecule has 2 aromatic rings. The molecule has 0 amide bonds. The number of nitrogens with one attached hydrogen (secondary N) is 1. The first-order valence-corrected chi connectivity index (χ1v) is 7.81. The predicted molar refractivity (Wildman–Crippen MR) is 75.2 cm³/mol. The molecule has 1 atom stereocenters. The average Bonchev–Trinajstić information content (AvgIpc) is 3.11. The second-order valence-electron chi connectivity index (χ2n) is 5.13. The normalized spacial score (nSPS) is 23.0. The molecule has 5 heteroatoms. The lowest BCUT2D eigenvalue weighted by atomic mass is 9.92. The molecule has 3 rings (SSSR count). The lowest BCUT2D eigenvalue weighted by Gasteiger charge is -2.24. The Hall–Kier alpha value is -1.20. The summed E-state index contributed by atoms with van der Waals surface area (Å²) < 4.78 is 5.53. The van der Waals surface area contributed by atoms with E-state index >= 15 is 0 Å². The highest BCUT2D eigenvalue weighted by atomic mass is 32.1. The van der Waals surface area contributed by atoms with E-state index in [1.807, 2.05) is 0 Å². The lowest BCUT2D eigenvalue weighted by molar-refractivity contribution is 0.240. The van der Waals surface area contributed by atoms with E-state index in [0.717, 1.165) is 43.9 Å². The van der Waals surface area contributed by atoms with Gasteiger partial charge in [0.25, 0.3) is 0 Å². The summed E-state index contributed by atoms with van der Waals surface area (Å²) in [5, 5.41) is 9.79. The van der Waals surface area contributed by atoms with Gasteiger partial charge in [0, 0.05) is 11.3 Å². The maximum absolute atomic E-state index is 5.53. The molecule has 2 aromatic heterocycles. The first-order chi connectivity index (χ1) is 9.32. The van der Waals surface area contributed by atoms with E-state index in [-0.39, 0.29) is 5.54 Å². The summed E-state index contributed by atoms with van der Waals surface area (Å²) in [7, 11) is 0. The zero-order valence-corrected chi connectivity index (χ0v) is 12.0. The van der Waals surface area contributed by atoms with Crippen LogP contribution in [0, 0.1) is 0 Å². The first kappa shape index (κ1) is 12.8. The monoisotopic (exact) mass is 277 g/mol. The van der Waals surface area contributed by atoms with Crippen molar-refractivity contribution < 1.29 is 4.52 Å². The summed E-state index contributed by atoms with van der Waals surface area (Å²) in [5.41, 5.74) is -0.0740. The molecule has 1 unspecified atom stereocenters. The Balaban J connectivity index is 1.79. The molecule has 0 aromatic carbocycles. The molecule has 102 valence electrons. The quantitative estimate of drug-likeness (QED) is 0.912. The molecule has 0 spiro atoms. The lowest BCUT2D eigenvalue weighted by Crippen LogP contribution is -2.37. The van der Waals surface area contributed by atoms with E-state index in [1.54, 1.807) is 11.3 Å². The highest BCUT2D eigenvalue weighted by Crippen LogP contribution is 2.34. The summed E-state index contributed by atoms with van der Waals surface area (Å²) in [5.74, 6) is 1.57. The summed E-state index contributed by atoms with van der Waals surface area (Å²) in [6.45, 7) is 3.24. The summed E-state index contributed by atoms with van der Waals surface area (Å²) >= 11 is 1.73. The number of hydrogen-bond donors (Lipinski definition) is 1. The van der Waals surface area contributed by atoms with Gasteiger partial charge in [-0.25, -0.2) is 0 Å². The van der Waals surface area contributed by atoms with Gasteiger partial charge >= 0.3 is 0 Å². The van der Waals surface area contributed by atoms with Gasteiger partial charge in [0.05, 0.1) is 5.54 Å². The van der Waals surface area contributed by atoms with Crippen LogP contribution in [0.15, 0.2) is 22.0 Å². The third-order valence-corrected chi connectivity index (χ3v) is 4.59. The Kier molecular flexibility index (Phi) is 3.66. The Morgan fingerprint density at radius 1 is 1.53 bits per heavy atom. The van der Waals surface area contributed by atoms with Crippen molar-refractivity contribution in [3.05, 3.63) is 34.1 Å². The van der Waals surface area contributed by atoms with Crippen molar-refractivity contribution >= 4 is 11.3 Å². The van der Waals surface area contributed by atoms with Crippen LogP contribution in [0.4, 0.5) is 0 Å². The Morgan fingerprint density at radius 3 is 3.16 bits per heavy atom. The van der Waals surface area contributed by atoms with Crippen LogP contribution in [0.25, 0.3) is 0 Å². The third kappa shape index (κ3) is 2.58. The summed E-state index contributed by atoms with van der Waals surface area (Å²) in [6.07, 6.45) is 5.23. The number of thiophene rings is 1. The van der Waals surface area contributed by atoms with Crippen molar-refractivity contribution in [2.45, 2.75) is 44.6 Å². The van der Waals surface area contributed by atoms with E-state index in [9.17, 15) is 0 Å². The molecule has 1 saturated heterocycles. The fraction of sp³-hybridized carbons (Fsp3) is 0.571. The van der Waals surface area contributed by atoms with Crippen LogP contribution < -0.4 is 5.32 Å². The van der Waals surface area contributed by atoms with Gasteiger partial charge in [-0.3, -0.25) is 0 Å². The minimum Gasteiger partial charge on any atom is -0.337 e. The predicted octanol–water partition coefficient (Wildman–Crippen LogP) is 3.10. The van der Waals surface area contributed by atoms with Crippen molar-refractivity contribution in [1.82, 2.24) is 15.5 Å². The molecule has 0 saturated carbocycles. The number of rotatable bonds is 5. The van der Waals surface area contributed by atoms with Gasteiger partial charge in [-0.2, -0.15) is 4.98 Å². The van der Waals surface area contributed by atoms with Crippen molar-refractivity contribution in [3.63, 3.8) is 0 Å². The van der Waals surface area contributed by atoms with Gasteiger partial charge in [-0.15, -0.1) is 11.3 Å². The zero-order chi connectivity index (χ0) is 13.1. The molecule has 1 aliphatic rings. The van der Waals surface area contributed by atoms with Crippen LogP contribution in [-0.2, 0) is 12.0 Å². The van der Waals surface area contributed by atoms with E-state index in [0.29, 0.717) is 0 Å². The summed E-state index contributed by atoms with van der Waals surface area (Å²) in [4.78, 5) is 5.90. The fourth-order valence-electron chi connectivity index (χ4n) is 2.83. The number of aromatic nitrogens is 2. The van der Waals surface area contributed by atoms with Gasteiger partial charge < -0.3 is 9.84 Å². The van der Waals surface area contributed by atoms with Crippen LogP contribution in [-0.4, -0.2) is 16.7 Å². The van der Waals surface area contributed by atoms with Gasteiger partial charge in [0.1, 0.15) is 0 Å². The van der Waals surface area contributed by atoms with E-state index < -0.39 is 0 Å². The number of hydrogen-bond acceptors (Lipinski definition) is 5. The summed E-state index contributed by atoms with van der Waals surface area (Å²) in [6, 6.07) is 4.16. The second-order valence-corrected chi connectivity index (χ2v) is 6.17. The molecule has 0 aliphatic carbocycles. The standard InChI is InChI=1S/C14H19N3OS/c1-2-6-14(7-4-8-15-14)13-16-12(17-18-13)10-11-5-3-9-19-11/h3,5,9,15H,2,4,6-8,10H2,1H3. The highest BCUT2D eigenvalue weighted by Gasteiger charge is 2.39. The van der Waals surface area contributed by atoms with Crippen LogP contribution >= 0.6 is 11.3 Å². The Morgan fingerprint density at radius 2 is 2.47 bits per heavy atom. The Labute approximate surface area is 117 Å². The molecule has 1 aliphatic heterocycles.